The van der Waals surface area contributed by atoms with Crippen LogP contribution in [0, 0.1) is 11.6 Å². The monoisotopic (exact) mass is 271 g/mol. The van der Waals surface area contributed by atoms with Crippen LogP contribution in [0.3, 0.4) is 0 Å². The molecule has 1 heterocycles. The summed E-state index contributed by atoms with van der Waals surface area (Å²) in [6, 6.07) is 4.50. The van der Waals surface area contributed by atoms with Crippen LogP contribution in [0.25, 0.3) is 0 Å². The Labute approximate surface area is 105 Å². The number of hydrogen-bond acceptors (Lipinski definition) is 4. The van der Waals surface area contributed by atoms with E-state index >= 15 is 0 Å². The van der Waals surface area contributed by atoms with Gasteiger partial charge in [-0.1, -0.05) is 5.16 Å². The number of nitrogens with zero attached hydrogens (tertiary/aromatic N) is 1. The molecule has 2 aromatic rings. The number of aromatic carboxylic acids is 1. The van der Waals surface area contributed by atoms with Crippen LogP contribution >= 0.6 is 11.8 Å². The molecule has 0 radical (unpaired) electrons. The van der Waals surface area contributed by atoms with Gasteiger partial charge in [-0.3, -0.25) is 0 Å². The predicted octanol–water partition coefficient (Wildman–Crippen LogP) is 2.94. The highest BCUT2D eigenvalue weighted by atomic mass is 32.2. The molecule has 0 aliphatic heterocycles. The van der Waals surface area contributed by atoms with Crippen LogP contribution in [0.2, 0.25) is 0 Å². The van der Waals surface area contributed by atoms with E-state index in [4.69, 9.17) is 9.63 Å². The summed E-state index contributed by atoms with van der Waals surface area (Å²) in [7, 11) is 0. The first-order chi connectivity index (χ1) is 8.56. The van der Waals surface area contributed by atoms with Gasteiger partial charge in [-0.05, 0) is 12.1 Å². The fourth-order valence-electron chi connectivity index (χ4n) is 1.22. The topological polar surface area (TPSA) is 63.3 Å². The molecule has 1 N–H and O–H groups in total. The SMILES string of the molecule is O=C(O)c1cc(CSc2ccc(F)cc2F)on1. The maximum Gasteiger partial charge on any atom is 0.358 e. The zero-order valence-electron chi connectivity index (χ0n) is 8.89. The highest BCUT2D eigenvalue weighted by Gasteiger charge is 2.12. The van der Waals surface area contributed by atoms with Gasteiger partial charge >= 0.3 is 5.97 Å². The molecule has 2 rings (SSSR count). The van der Waals surface area contributed by atoms with Crippen LogP contribution in [0.5, 0.6) is 0 Å². The first-order valence-electron chi connectivity index (χ1n) is 4.83. The molecule has 0 atom stereocenters. The number of aromatic nitrogens is 1. The number of rotatable bonds is 4. The molecule has 0 saturated carbocycles. The minimum atomic E-state index is -1.19. The molecule has 18 heavy (non-hydrogen) atoms. The number of carboxylic acid groups (broad SMARTS) is 1. The molecule has 0 spiro atoms. The number of thioether (sulfide) groups is 1. The van der Waals surface area contributed by atoms with Crippen molar-refractivity contribution in [3.63, 3.8) is 0 Å². The van der Waals surface area contributed by atoms with Crippen molar-refractivity contribution < 1.29 is 23.2 Å². The first kappa shape index (κ1) is 12.6. The fraction of sp³-hybridized carbons (Fsp3) is 0.0909. The molecule has 94 valence electrons. The molecule has 7 heteroatoms. The predicted molar refractivity (Wildman–Crippen MR) is 59.4 cm³/mol. The second-order valence-electron chi connectivity index (χ2n) is 3.35. The zero-order valence-corrected chi connectivity index (χ0v) is 9.71. The van der Waals surface area contributed by atoms with Crippen LogP contribution in [0.4, 0.5) is 8.78 Å². The number of benzene rings is 1. The minimum Gasteiger partial charge on any atom is -0.476 e. The lowest BCUT2D eigenvalue weighted by Crippen LogP contribution is -1.94. The molecule has 0 saturated heterocycles. The Morgan fingerprint density at radius 3 is 2.78 bits per heavy atom. The lowest BCUT2D eigenvalue weighted by Gasteiger charge is -2.00. The summed E-state index contributed by atoms with van der Waals surface area (Å²) in [5.41, 5.74) is -0.204. The number of carboxylic acids is 1. The molecule has 0 aliphatic carbocycles. The molecule has 1 aromatic carbocycles. The van der Waals surface area contributed by atoms with Crippen molar-refractivity contribution in [2.24, 2.45) is 0 Å². The van der Waals surface area contributed by atoms with Crippen molar-refractivity contribution in [1.29, 1.82) is 0 Å². The maximum atomic E-state index is 13.3. The smallest absolute Gasteiger partial charge is 0.358 e. The quantitative estimate of drug-likeness (QED) is 0.866. The summed E-state index contributed by atoms with van der Waals surface area (Å²) < 4.78 is 30.7. The standard InChI is InChI=1S/C11H7F2NO3S/c12-6-1-2-10(8(13)3-6)18-5-7-4-9(11(15)16)14-17-7/h1-4H,5H2,(H,15,16). The largest absolute Gasteiger partial charge is 0.476 e. The number of hydrogen-bond donors (Lipinski definition) is 1. The highest BCUT2D eigenvalue weighted by Crippen LogP contribution is 2.26. The third-order valence-corrected chi connectivity index (χ3v) is 3.11. The van der Waals surface area contributed by atoms with Gasteiger partial charge in [0, 0.05) is 17.0 Å². The van der Waals surface area contributed by atoms with Gasteiger partial charge in [-0.15, -0.1) is 11.8 Å². The average Bonchev–Trinajstić information content (AvgIpc) is 2.76. The van der Waals surface area contributed by atoms with E-state index in [0.717, 1.165) is 23.9 Å². The van der Waals surface area contributed by atoms with E-state index in [1.807, 2.05) is 0 Å². The molecular formula is C11H7F2NO3S. The highest BCUT2D eigenvalue weighted by molar-refractivity contribution is 7.98. The van der Waals surface area contributed by atoms with Crippen LogP contribution in [-0.2, 0) is 5.75 Å². The summed E-state index contributed by atoms with van der Waals surface area (Å²) in [5.74, 6) is -1.99. The summed E-state index contributed by atoms with van der Waals surface area (Å²) >= 11 is 1.07. The Morgan fingerprint density at radius 2 is 2.17 bits per heavy atom. The summed E-state index contributed by atoms with van der Waals surface area (Å²) in [6.07, 6.45) is 0. The van der Waals surface area contributed by atoms with Gasteiger partial charge < -0.3 is 9.63 Å². The molecule has 0 aliphatic rings. The maximum absolute atomic E-state index is 13.3. The third-order valence-electron chi connectivity index (χ3n) is 2.04. The molecule has 1 aromatic heterocycles. The molecule has 0 bridgehead atoms. The van der Waals surface area contributed by atoms with Gasteiger partial charge in [0.2, 0.25) is 0 Å². The Bertz CT molecular complexity index is 585. The molecule has 0 unspecified atom stereocenters. The van der Waals surface area contributed by atoms with Crippen LogP contribution in [-0.4, -0.2) is 16.2 Å². The van der Waals surface area contributed by atoms with Crippen LogP contribution < -0.4 is 0 Å². The Balaban J connectivity index is 2.04. The van der Waals surface area contributed by atoms with Gasteiger partial charge in [0.05, 0.1) is 5.75 Å². The molecule has 0 amide bonds. The van der Waals surface area contributed by atoms with Crippen molar-refractivity contribution in [3.8, 4) is 0 Å². The van der Waals surface area contributed by atoms with E-state index < -0.39 is 17.6 Å². The molecule has 4 nitrogen and oxygen atoms in total. The lowest BCUT2D eigenvalue weighted by atomic mass is 10.3. The van der Waals surface area contributed by atoms with Crippen molar-refractivity contribution >= 4 is 17.7 Å². The summed E-state index contributed by atoms with van der Waals surface area (Å²) in [6.45, 7) is 0. The Morgan fingerprint density at radius 1 is 1.39 bits per heavy atom. The minimum absolute atomic E-state index is 0.204. The number of halogens is 2. The van der Waals surface area contributed by atoms with Crippen molar-refractivity contribution in [3.05, 3.63) is 47.4 Å². The second-order valence-corrected chi connectivity index (χ2v) is 4.36. The lowest BCUT2D eigenvalue weighted by molar-refractivity contribution is 0.0685. The molecule has 0 fully saturated rings. The fourth-order valence-corrected chi connectivity index (χ4v) is 2.02. The Kier molecular flexibility index (Phi) is 3.61. The van der Waals surface area contributed by atoms with E-state index in [1.165, 1.54) is 12.1 Å². The average molecular weight is 271 g/mol. The van der Waals surface area contributed by atoms with Gasteiger partial charge in [-0.2, -0.15) is 0 Å². The van der Waals surface area contributed by atoms with Crippen LogP contribution in [0.15, 0.2) is 33.7 Å². The molecular weight excluding hydrogens is 264 g/mol. The number of carbonyl (C=O) groups is 1. The van der Waals surface area contributed by atoms with Gasteiger partial charge in [-0.25, -0.2) is 13.6 Å². The normalized spacial score (nSPS) is 10.6. The van der Waals surface area contributed by atoms with Crippen molar-refractivity contribution in [2.75, 3.05) is 0 Å². The van der Waals surface area contributed by atoms with Crippen molar-refractivity contribution in [2.45, 2.75) is 10.6 Å². The van der Waals surface area contributed by atoms with Gasteiger partial charge in [0.25, 0.3) is 0 Å². The van der Waals surface area contributed by atoms with Gasteiger partial charge in [0.15, 0.2) is 5.69 Å². The first-order valence-corrected chi connectivity index (χ1v) is 5.81. The van der Waals surface area contributed by atoms with E-state index in [1.54, 1.807) is 0 Å². The summed E-state index contributed by atoms with van der Waals surface area (Å²) in [5, 5.41) is 11.9. The van der Waals surface area contributed by atoms with E-state index in [2.05, 4.69) is 5.16 Å². The van der Waals surface area contributed by atoms with Gasteiger partial charge in [0.1, 0.15) is 17.4 Å². The third kappa shape index (κ3) is 2.86. The van der Waals surface area contributed by atoms with Crippen molar-refractivity contribution in [1.82, 2.24) is 5.16 Å². The Hall–Kier alpha value is -1.89. The van der Waals surface area contributed by atoms with E-state index in [-0.39, 0.29) is 16.3 Å². The zero-order chi connectivity index (χ0) is 13.1. The van der Waals surface area contributed by atoms with E-state index in [0.29, 0.717) is 5.76 Å². The van der Waals surface area contributed by atoms with E-state index in [9.17, 15) is 13.6 Å². The summed E-state index contributed by atoms with van der Waals surface area (Å²) in [4.78, 5) is 10.8. The second kappa shape index (κ2) is 5.18. The van der Waals surface area contributed by atoms with Crippen LogP contribution in [0.1, 0.15) is 16.2 Å².